The standard InChI is InChI=1S/C14H13BrFN5O4.C2H6/c1-23-6-2-5-17-12-11(18-25-19-12)13-20-24-14(22)21(13)8-3-4-10(16)9(15)7-8;1-2/h3-4,7H,2,5-6H2,1H3,(H,17,19);1-2H3. The molecule has 0 saturated carbocycles. The Balaban J connectivity index is 0.00000126. The van der Waals surface area contributed by atoms with Crippen LogP contribution in [0, 0.1) is 5.82 Å². The zero-order valence-corrected chi connectivity index (χ0v) is 16.6. The van der Waals surface area contributed by atoms with Gasteiger partial charge in [0.05, 0.1) is 10.2 Å². The number of nitrogens with zero attached hydrogens (tertiary/aromatic N) is 4. The number of ether oxygens (including phenoxy) is 1. The van der Waals surface area contributed by atoms with Gasteiger partial charge in [0.15, 0.2) is 5.69 Å². The Morgan fingerprint density at radius 1 is 1.30 bits per heavy atom. The molecule has 0 bridgehead atoms. The minimum atomic E-state index is -0.748. The smallest absolute Gasteiger partial charge is 0.385 e. The molecule has 0 aliphatic rings. The fourth-order valence-electron chi connectivity index (χ4n) is 2.13. The fraction of sp³-hybridized carbons (Fsp3) is 0.375. The Morgan fingerprint density at radius 2 is 2.07 bits per heavy atom. The first kappa shape index (κ1) is 20.8. The predicted molar refractivity (Wildman–Crippen MR) is 99.4 cm³/mol. The van der Waals surface area contributed by atoms with Gasteiger partial charge >= 0.3 is 5.76 Å². The average molecular weight is 444 g/mol. The van der Waals surface area contributed by atoms with E-state index in [1.807, 2.05) is 13.8 Å². The molecule has 0 spiro atoms. The van der Waals surface area contributed by atoms with Gasteiger partial charge in [0.1, 0.15) is 5.82 Å². The van der Waals surface area contributed by atoms with Crippen molar-refractivity contribution in [3.8, 4) is 17.2 Å². The first-order valence-electron chi connectivity index (χ1n) is 8.21. The van der Waals surface area contributed by atoms with Crippen LogP contribution in [0.25, 0.3) is 17.2 Å². The summed E-state index contributed by atoms with van der Waals surface area (Å²) in [5.41, 5.74) is 0.548. The van der Waals surface area contributed by atoms with Crippen molar-refractivity contribution in [1.29, 1.82) is 0 Å². The average Bonchev–Trinajstić information content (AvgIpc) is 3.29. The number of aromatic nitrogens is 4. The van der Waals surface area contributed by atoms with E-state index < -0.39 is 11.6 Å². The number of benzene rings is 1. The second-order valence-corrected chi connectivity index (χ2v) is 5.79. The van der Waals surface area contributed by atoms with Crippen molar-refractivity contribution in [2.45, 2.75) is 20.3 Å². The van der Waals surface area contributed by atoms with Crippen LogP contribution in [0.15, 0.2) is 36.6 Å². The molecule has 0 saturated heterocycles. The van der Waals surface area contributed by atoms with Crippen LogP contribution in [0.2, 0.25) is 0 Å². The van der Waals surface area contributed by atoms with E-state index in [1.54, 1.807) is 7.11 Å². The van der Waals surface area contributed by atoms with Crippen molar-refractivity contribution < 1.29 is 18.3 Å². The summed E-state index contributed by atoms with van der Waals surface area (Å²) in [6, 6.07) is 4.06. The van der Waals surface area contributed by atoms with Crippen molar-refractivity contribution in [2.75, 3.05) is 25.6 Å². The SMILES string of the molecule is CC.COCCCNc1nonc1-c1noc(=O)n1-c1ccc(F)c(Br)c1. The zero-order valence-electron chi connectivity index (χ0n) is 15.0. The molecular weight excluding hydrogens is 425 g/mol. The summed E-state index contributed by atoms with van der Waals surface area (Å²) >= 11 is 3.08. The second kappa shape index (κ2) is 9.97. The highest BCUT2D eigenvalue weighted by molar-refractivity contribution is 9.10. The quantitative estimate of drug-likeness (QED) is 0.554. The van der Waals surface area contributed by atoms with Crippen LogP contribution in [-0.4, -0.2) is 40.3 Å². The van der Waals surface area contributed by atoms with Gasteiger partial charge in [-0.3, -0.25) is 4.52 Å². The maximum absolute atomic E-state index is 13.5. The molecule has 0 aliphatic heterocycles. The van der Waals surface area contributed by atoms with Crippen molar-refractivity contribution in [3.63, 3.8) is 0 Å². The van der Waals surface area contributed by atoms with E-state index in [2.05, 4.69) is 36.7 Å². The van der Waals surface area contributed by atoms with Gasteiger partial charge < -0.3 is 10.1 Å². The largest absolute Gasteiger partial charge is 0.446 e. The molecule has 0 aliphatic carbocycles. The monoisotopic (exact) mass is 443 g/mol. The van der Waals surface area contributed by atoms with E-state index in [-0.39, 0.29) is 16.0 Å². The molecule has 146 valence electrons. The highest BCUT2D eigenvalue weighted by Gasteiger charge is 2.22. The van der Waals surface area contributed by atoms with Gasteiger partial charge in [-0.1, -0.05) is 19.0 Å². The molecule has 3 rings (SSSR count). The van der Waals surface area contributed by atoms with Gasteiger partial charge in [0, 0.05) is 20.3 Å². The number of methoxy groups -OCH3 is 1. The van der Waals surface area contributed by atoms with Crippen LogP contribution in [0.4, 0.5) is 10.2 Å². The lowest BCUT2D eigenvalue weighted by Gasteiger charge is -2.05. The number of hydrogen-bond acceptors (Lipinski definition) is 8. The Hall–Kier alpha value is -2.53. The predicted octanol–water partition coefficient (Wildman–Crippen LogP) is 3.25. The Kier molecular flexibility index (Phi) is 7.67. The van der Waals surface area contributed by atoms with Crippen LogP contribution in [0.1, 0.15) is 20.3 Å². The number of rotatable bonds is 7. The number of hydrogen-bond donors (Lipinski definition) is 1. The molecule has 1 aromatic carbocycles. The Labute approximate surface area is 162 Å². The Morgan fingerprint density at radius 3 is 2.78 bits per heavy atom. The third-order valence-electron chi connectivity index (χ3n) is 3.28. The summed E-state index contributed by atoms with van der Waals surface area (Å²) in [4.78, 5) is 12.1. The van der Waals surface area contributed by atoms with E-state index in [4.69, 9.17) is 13.9 Å². The molecule has 11 heteroatoms. The summed E-state index contributed by atoms with van der Waals surface area (Å²) in [7, 11) is 1.61. The van der Waals surface area contributed by atoms with Gasteiger partial charge in [0.2, 0.25) is 11.6 Å². The molecule has 9 nitrogen and oxygen atoms in total. The molecular formula is C16H19BrFN5O4. The van der Waals surface area contributed by atoms with Crippen LogP contribution in [0.5, 0.6) is 0 Å². The minimum absolute atomic E-state index is 0.0824. The lowest BCUT2D eigenvalue weighted by atomic mass is 10.3. The number of anilines is 1. The van der Waals surface area contributed by atoms with Gasteiger partial charge in [-0.25, -0.2) is 18.4 Å². The third-order valence-corrected chi connectivity index (χ3v) is 3.89. The zero-order chi connectivity index (χ0) is 19.8. The van der Waals surface area contributed by atoms with Crippen molar-refractivity contribution in [3.05, 3.63) is 39.0 Å². The summed E-state index contributed by atoms with van der Waals surface area (Å²) in [5, 5.41) is 14.3. The maximum atomic E-state index is 13.5. The summed E-state index contributed by atoms with van der Waals surface area (Å²) < 4.78 is 29.2. The second-order valence-electron chi connectivity index (χ2n) is 4.94. The lowest BCUT2D eigenvalue weighted by Crippen LogP contribution is -2.14. The molecule has 2 heterocycles. The van der Waals surface area contributed by atoms with Gasteiger partial charge in [0.25, 0.3) is 0 Å². The topological polar surface area (TPSA) is 108 Å². The summed E-state index contributed by atoms with van der Waals surface area (Å²) in [6.07, 6.45) is 0.735. The highest BCUT2D eigenvalue weighted by Crippen LogP contribution is 2.26. The van der Waals surface area contributed by atoms with E-state index in [9.17, 15) is 9.18 Å². The fourth-order valence-corrected chi connectivity index (χ4v) is 2.49. The lowest BCUT2D eigenvalue weighted by molar-refractivity contribution is 0.197. The number of nitrogens with one attached hydrogen (secondary N) is 1. The minimum Gasteiger partial charge on any atom is -0.385 e. The molecule has 0 fully saturated rings. The Bertz CT molecular complexity index is 924. The molecule has 0 radical (unpaired) electrons. The first-order valence-corrected chi connectivity index (χ1v) is 9.01. The van der Waals surface area contributed by atoms with Crippen LogP contribution in [-0.2, 0) is 4.74 Å². The summed E-state index contributed by atoms with van der Waals surface area (Å²) in [5.74, 6) is -0.821. The molecule has 3 aromatic rings. The van der Waals surface area contributed by atoms with E-state index >= 15 is 0 Å². The maximum Gasteiger partial charge on any atom is 0.446 e. The normalized spacial score (nSPS) is 10.4. The molecule has 0 unspecified atom stereocenters. The van der Waals surface area contributed by atoms with Crippen molar-refractivity contribution in [1.82, 2.24) is 20.0 Å². The molecule has 0 atom stereocenters. The van der Waals surface area contributed by atoms with E-state index in [1.165, 1.54) is 18.2 Å². The van der Waals surface area contributed by atoms with Crippen molar-refractivity contribution in [2.24, 2.45) is 0 Å². The van der Waals surface area contributed by atoms with E-state index in [0.29, 0.717) is 24.7 Å². The molecule has 0 amide bonds. The van der Waals surface area contributed by atoms with Gasteiger partial charge in [-0.15, -0.1) is 0 Å². The first-order chi connectivity index (χ1) is 13.1. The van der Waals surface area contributed by atoms with Crippen LogP contribution >= 0.6 is 15.9 Å². The molecule has 27 heavy (non-hydrogen) atoms. The molecule has 2 aromatic heterocycles. The van der Waals surface area contributed by atoms with Gasteiger partial charge in [-0.2, -0.15) is 0 Å². The van der Waals surface area contributed by atoms with Crippen LogP contribution < -0.4 is 11.1 Å². The van der Waals surface area contributed by atoms with Crippen LogP contribution in [0.3, 0.4) is 0 Å². The summed E-state index contributed by atoms with van der Waals surface area (Å²) in [6.45, 7) is 5.13. The van der Waals surface area contributed by atoms with E-state index in [0.717, 1.165) is 11.0 Å². The van der Waals surface area contributed by atoms with Crippen molar-refractivity contribution >= 4 is 21.7 Å². The van der Waals surface area contributed by atoms with Gasteiger partial charge in [-0.05, 0) is 50.9 Å². The third kappa shape index (κ3) is 4.80. The highest BCUT2D eigenvalue weighted by atomic mass is 79.9. The number of halogens is 2. The molecule has 1 N–H and O–H groups in total.